The molecule has 0 aliphatic carbocycles. The van der Waals surface area contributed by atoms with E-state index < -0.39 is 0 Å². The van der Waals surface area contributed by atoms with Gasteiger partial charge in [-0.05, 0) is 51.0 Å². The molecule has 104 valence electrons. The van der Waals surface area contributed by atoms with Gasteiger partial charge >= 0.3 is 0 Å². The Balaban J connectivity index is 2.56. The van der Waals surface area contributed by atoms with Crippen molar-refractivity contribution in [2.45, 2.75) is 33.7 Å². The van der Waals surface area contributed by atoms with Crippen molar-refractivity contribution in [2.75, 3.05) is 11.9 Å². The molecule has 0 aliphatic rings. The second-order valence-corrected chi connectivity index (χ2v) is 4.85. The van der Waals surface area contributed by atoms with E-state index in [2.05, 4.69) is 15.6 Å². The normalized spacial score (nSPS) is 11.5. The van der Waals surface area contributed by atoms with Gasteiger partial charge in [-0.25, -0.2) is 4.99 Å². The van der Waals surface area contributed by atoms with Crippen molar-refractivity contribution in [2.24, 2.45) is 10.7 Å². The Kier molecular flexibility index (Phi) is 5.36. The zero-order chi connectivity index (χ0) is 14.4. The summed E-state index contributed by atoms with van der Waals surface area (Å²) in [5.41, 5.74) is 9.00. The molecule has 4 N–H and O–H groups in total. The minimum Gasteiger partial charge on any atom is -0.370 e. The fourth-order valence-corrected chi connectivity index (χ4v) is 1.53. The third kappa shape index (κ3) is 5.42. The number of carbonyl (C=O) groups excluding carboxylic acids is 1. The van der Waals surface area contributed by atoms with E-state index >= 15 is 0 Å². The summed E-state index contributed by atoms with van der Waals surface area (Å²) in [6, 6.07) is 6.04. The van der Waals surface area contributed by atoms with Crippen molar-refractivity contribution in [3.05, 3.63) is 29.3 Å². The third-order valence-corrected chi connectivity index (χ3v) is 2.62. The topological polar surface area (TPSA) is 79.5 Å². The summed E-state index contributed by atoms with van der Waals surface area (Å²) in [7, 11) is 0. The molecule has 0 fully saturated rings. The van der Waals surface area contributed by atoms with Crippen LogP contribution < -0.4 is 16.4 Å². The van der Waals surface area contributed by atoms with E-state index in [4.69, 9.17) is 5.73 Å². The highest BCUT2D eigenvalue weighted by Crippen LogP contribution is 2.13. The van der Waals surface area contributed by atoms with Crippen LogP contribution in [0.5, 0.6) is 0 Å². The van der Waals surface area contributed by atoms with Crippen molar-refractivity contribution in [1.82, 2.24) is 5.32 Å². The predicted octanol–water partition coefficient (Wildman–Crippen LogP) is 1.55. The molecule has 0 aromatic heterocycles. The Morgan fingerprint density at radius 3 is 2.58 bits per heavy atom. The van der Waals surface area contributed by atoms with Gasteiger partial charge in [-0.3, -0.25) is 4.79 Å². The number of guanidine groups is 1. The van der Waals surface area contributed by atoms with Gasteiger partial charge in [0.2, 0.25) is 5.91 Å². The first kappa shape index (κ1) is 15.0. The molecule has 0 bridgehead atoms. The smallest absolute Gasteiger partial charge is 0.242 e. The lowest BCUT2D eigenvalue weighted by molar-refractivity contribution is -0.120. The molecule has 0 saturated heterocycles. The van der Waals surface area contributed by atoms with E-state index in [1.807, 2.05) is 45.9 Å². The number of nitrogens with one attached hydrogen (secondary N) is 2. The molecule has 19 heavy (non-hydrogen) atoms. The largest absolute Gasteiger partial charge is 0.370 e. The molecule has 1 aromatic carbocycles. The van der Waals surface area contributed by atoms with Gasteiger partial charge in [-0.2, -0.15) is 0 Å². The van der Waals surface area contributed by atoms with Crippen LogP contribution in [0.15, 0.2) is 23.2 Å². The van der Waals surface area contributed by atoms with Crippen LogP contribution in [0, 0.1) is 13.8 Å². The van der Waals surface area contributed by atoms with E-state index in [0.29, 0.717) is 0 Å². The lowest BCUT2D eigenvalue weighted by atomic mass is 10.1. The number of nitrogens with two attached hydrogens (primary N) is 1. The average molecular weight is 262 g/mol. The summed E-state index contributed by atoms with van der Waals surface area (Å²) >= 11 is 0. The monoisotopic (exact) mass is 262 g/mol. The number of aryl methyl sites for hydroxylation is 2. The van der Waals surface area contributed by atoms with Crippen LogP contribution in [0.3, 0.4) is 0 Å². The van der Waals surface area contributed by atoms with Crippen LogP contribution in [0.4, 0.5) is 5.69 Å². The summed E-state index contributed by atoms with van der Waals surface area (Å²) < 4.78 is 0. The third-order valence-electron chi connectivity index (χ3n) is 2.62. The molecule has 0 aliphatic heterocycles. The van der Waals surface area contributed by atoms with Crippen molar-refractivity contribution in [3.8, 4) is 0 Å². The van der Waals surface area contributed by atoms with Gasteiger partial charge in [0, 0.05) is 11.7 Å². The first-order valence-electron chi connectivity index (χ1n) is 6.32. The fraction of sp³-hybridized carbons (Fsp3) is 0.429. The van der Waals surface area contributed by atoms with Crippen LogP contribution in [0.25, 0.3) is 0 Å². The van der Waals surface area contributed by atoms with Crippen molar-refractivity contribution < 1.29 is 4.79 Å². The van der Waals surface area contributed by atoms with Crippen LogP contribution in [0.2, 0.25) is 0 Å². The molecule has 0 spiro atoms. The van der Waals surface area contributed by atoms with E-state index in [1.165, 1.54) is 11.1 Å². The maximum Gasteiger partial charge on any atom is 0.242 e. The Bertz CT molecular complexity index is 480. The van der Waals surface area contributed by atoms with Crippen LogP contribution in [-0.2, 0) is 4.79 Å². The summed E-state index contributed by atoms with van der Waals surface area (Å²) in [5, 5.41) is 5.72. The molecule has 5 heteroatoms. The number of hydrogen-bond donors (Lipinski definition) is 3. The van der Waals surface area contributed by atoms with Gasteiger partial charge < -0.3 is 16.4 Å². The second kappa shape index (κ2) is 6.78. The maximum atomic E-state index is 11.4. The van der Waals surface area contributed by atoms with E-state index in [9.17, 15) is 4.79 Å². The number of hydrogen-bond acceptors (Lipinski definition) is 2. The Morgan fingerprint density at radius 1 is 1.32 bits per heavy atom. The molecule has 0 radical (unpaired) electrons. The quantitative estimate of drug-likeness (QED) is 0.569. The zero-order valence-corrected chi connectivity index (χ0v) is 11.9. The number of nitrogens with zero attached hydrogens (tertiary/aromatic N) is 1. The molecule has 0 unspecified atom stereocenters. The molecule has 1 amide bonds. The first-order chi connectivity index (χ1) is 8.88. The minimum atomic E-state index is -0.139. The molecule has 5 nitrogen and oxygen atoms in total. The number of amides is 1. The van der Waals surface area contributed by atoms with Gasteiger partial charge in [0.1, 0.15) is 6.54 Å². The standard InChI is InChI=1S/C14H22N4O/c1-9(2)17-13(19)8-16-14(15)18-12-6-5-10(3)11(4)7-12/h5-7,9H,8H2,1-4H3,(H,17,19)(H3,15,16,18). The Hall–Kier alpha value is -2.04. The number of rotatable bonds is 4. The Labute approximate surface area is 114 Å². The molecule has 0 atom stereocenters. The lowest BCUT2D eigenvalue weighted by Crippen LogP contribution is -2.33. The number of benzene rings is 1. The summed E-state index contributed by atoms with van der Waals surface area (Å²) in [6.45, 7) is 7.91. The van der Waals surface area contributed by atoms with Crippen LogP contribution >= 0.6 is 0 Å². The summed E-state index contributed by atoms with van der Waals surface area (Å²) in [4.78, 5) is 15.4. The van der Waals surface area contributed by atoms with Crippen molar-refractivity contribution >= 4 is 17.6 Å². The lowest BCUT2D eigenvalue weighted by Gasteiger charge is -2.09. The predicted molar refractivity (Wildman–Crippen MR) is 79.3 cm³/mol. The number of carbonyl (C=O) groups is 1. The minimum absolute atomic E-state index is 0.0296. The maximum absolute atomic E-state index is 11.4. The zero-order valence-electron chi connectivity index (χ0n) is 11.9. The van der Waals surface area contributed by atoms with Crippen molar-refractivity contribution in [3.63, 3.8) is 0 Å². The number of aliphatic imine (C=N–C) groups is 1. The van der Waals surface area contributed by atoms with Gasteiger partial charge in [0.25, 0.3) is 0 Å². The van der Waals surface area contributed by atoms with E-state index in [1.54, 1.807) is 0 Å². The van der Waals surface area contributed by atoms with Crippen molar-refractivity contribution in [1.29, 1.82) is 0 Å². The summed E-state index contributed by atoms with van der Waals surface area (Å²) in [6.07, 6.45) is 0. The van der Waals surface area contributed by atoms with E-state index in [-0.39, 0.29) is 24.5 Å². The van der Waals surface area contributed by atoms with Gasteiger partial charge in [0.15, 0.2) is 5.96 Å². The SMILES string of the molecule is Cc1ccc(NC(N)=NCC(=O)NC(C)C)cc1C. The molecule has 1 aromatic rings. The highest BCUT2D eigenvalue weighted by molar-refractivity contribution is 5.94. The average Bonchev–Trinajstić information content (AvgIpc) is 2.30. The molecular weight excluding hydrogens is 240 g/mol. The highest BCUT2D eigenvalue weighted by Gasteiger charge is 2.02. The fourth-order valence-electron chi connectivity index (χ4n) is 1.53. The van der Waals surface area contributed by atoms with Gasteiger partial charge in [-0.1, -0.05) is 6.07 Å². The first-order valence-corrected chi connectivity index (χ1v) is 6.32. The summed E-state index contributed by atoms with van der Waals surface area (Å²) in [5.74, 6) is 0.0991. The molecule has 0 saturated carbocycles. The van der Waals surface area contributed by atoms with E-state index in [0.717, 1.165) is 5.69 Å². The second-order valence-electron chi connectivity index (χ2n) is 4.85. The van der Waals surface area contributed by atoms with Gasteiger partial charge in [-0.15, -0.1) is 0 Å². The molecular formula is C14H22N4O. The van der Waals surface area contributed by atoms with Crippen LogP contribution in [-0.4, -0.2) is 24.5 Å². The Morgan fingerprint density at radius 2 is 2.00 bits per heavy atom. The number of anilines is 1. The highest BCUT2D eigenvalue weighted by atomic mass is 16.1. The van der Waals surface area contributed by atoms with Crippen LogP contribution in [0.1, 0.15) is 25.0 Å². The molecule has 0 heterocycles. The van der Waals surface area contributed by atoms with Gasteiger partial charge in [0.05, 0.1) is 0 Å². The molecule has 1 rings (SSSR count).